The Bertz CT molecular complexity index is 914. The highest BCUT2D eigenvalue weighted by molar-refractivity contribution is 5.92. The van der Waals surface area contributed by atoms with Gasteiger partial charge in [0.05, 0.1) is 17.6 Å². The van der Waals surface area contributed by atoms with Gasteiger partial charge in [0.1, 0.15) is 17.3 Å². The zero-order valence-electron chi connectivity index (χ0n) is 14.8. The summed E-state index contributed by atoms with van der Waals surface area (Å²) in [6, 6.07) is 16.2. The Morgan fingerprint density at radius 3 is 2.48 bits per heavy atom. The number of carbonyl (C=O) groups is 1. The molecular formula is C21H19F2N3O. The topological polar surface area (TPSA) is 45.2 Å². The Hall–Kier alpha value is -3.28. The number of hydrogen-bond donors (Lipinski definition) is 1. The average molecular weight is 367 g/mol. The first-order valence-corrected chi connectivity index (χ1v) is 8.58. The molecule has 3 aromatic rings. The number of pyridine rings is 1. The van der Waals surface area contributed by atoms with Gasteiger partial charge in [0.15, 0.2) is 0 Å². The van der Waals surface area contributed by atoms with Crippen molar-refractivity contribution in [3.05, 3.63) is 89.8 Å². The molecule has 2 aromatic carbocycles. The van der Waals surface area contributed by atoms with E-state index < -0.39 is 11.6 Å². The van der Waals surface area contributed by atoms with Crippen LogP contribution in [0, 0.1) is 11.6 Å². The molecule has 1 amide bonds. The molecule has 0 saturated carbocycles. The van der Waals surface area contributed by atoms with Crippen LogP contribution >= 0.6 is 0 Å². The van der Waals surface area contributed by atoms with Crippen molar-refractivity contribution in [3.63, 3.8) is 0 Å². The van der Waals surface area contributed by atoms with Crippen molar-refractivity contribution in [3.8, 4) is 0 Å². The summed E-state index contributed by atoms with van der Waals surface area (Å²) >= 11 is 0. The number of carbonyl (C=O) groups excluding carboxylic acids is 1. The van der Waals surface area contributed by atoms with Crippen LogP contribution < -0.4 is 5.32 Å². The Labute approximate surface area is 156 Å². The molecule has 0 radical (unpaired) electrons. The van der Waals surface area contributed by atoms with Crippen LogP contribution in [-0.2, 0) is 6.54 Å². The van der Waals surface area contributed by atoms with Gasteiger partial charge < -0.3 is 10.2 Å². The molecule has 1 aromatic heterocycles. The first-order valence-electron chi connectivity index (χ1n) is 8.58. The lowest BCUT2D eigenvalue weighted by atomic mass is 10.2. The Morgan fingerprint density at radius 1 is 1.07 bits per heavy atom. The van der Waals surface area contributed by atoms with Crippen LogP contribution in [0.25, 0.3) is 0 Å². The maximum absolute atomic E-state index is 13.7. The van der Waals surface area contributed by atoms with Crippen LogP contribution in [0.3, 0.4) is 0 Å². The molecule has 0 aliphatic heterocycles. The molecule has 0 aliphatic carbocycles. The van der Waals surface area contributed by atoms with E-state index in [9.17, 15) is 13.6 Å². The highest BCUT2D eigenvalue weighted by Crippen LogP contribution is 2.20. The number of hydrogen-bond acceptors (Lipinski definition) is 3. The second kappa shape index (κ2) is 8.40. The van der Waals surface area contributed by atoms with E-state index in [0.29, 0.717) is 24.5 Å². The maximum Gasteiger partial charge on any atom is 0.272 e. The van der Waals surface area contributed by atoms with Crippen molar-refractivity contribution in [2.75, 3.05) is 11.9 Å². The zero-order chi connectivity index (χ0) is 19.2. The van der Waals surface area contributed by atoms with E-state index in [1.165, 1.54) is 18.3 Å². The van der Waals surface area contributed by atoms with E-state index in [0.717, 1.165) is 11.6 Å². The standard InChI is InChI=1S/C21H19F2N3O/c1-2-26(14-15-6-4-3-5-7-15)21(27)20-11-9-17(13-24-20)25-19-10-8-16(22)12-18(19)23/h3-13,25H,2,14H2,1H3. The van der Waals surface area contributed by atoms with Crippen LogP contribution in [0.2, 0.25) is 0 Å². The molecule has 138 valence electrons. The molecule has 0 bridgehead atoms. The van der Waals surface area contributed by atoms with Crippen molar-refractivity contribution in [1.82, 2.24) is 9.88 Å². The smallest absolute Gasteiger partial charge is 0.272 e. The molecular weight excluding hydrogens is 348 g/mol. The second-order valence-corrected chi connectivity index (χ2v) is 5.99. The van der Waals surface area contributed by atoms with Gasteiger partial charge in [-0.3, -0.25) is 4.79 Å². The van der Waals surface area contributed by atoms with Gasteiger partial charge in [-0.25, -0.2) is 13.8 Å². The van der Waals surface area contributed by atoms with E-state index in [1.54, 1.807) is 17.0 Å². The predicted octanol–water partition coefficient (Wildman–Crippen LogP) is 4.77. The van der Waals surface area contributed by atoms with Gasteiger partial charge in [-0.1, -0.05) is 30.3 Å². The number of nitrogens with zero attached hydrogens (tertiary/aromatic N) is 2. The number of aromatic nitrogens is 1. The minimum Gasteiger partial charge on any atom is -0.352 e. The molecule has 0 saturated heterocycles. The van der Waals surface area contributed by atoms with Crippen LogP contribution in [0.15, 0.2) is 66.9 Å². The predicted molar refractivity (Wildman–Crippen MR) is 101 cm³/mol. The number of rotatable bonds is 6. The Morgan fingerprint density at radius 2 is 1.85 bits per heavy atom. The number of halogens is 2. The summed E-state index contributed by atoms with van der Waals surface area (Å²) in [5, 5.41) is 2.82. The fraction of sp³-hybridized carbons (Fsp3) is 0.143. The monoisotopic (exact) mass is 367 g/mol. The van der Waals surface area contributed by atoms with Gasteiger partial charge in [-0.05, 0) is 36.8 Å². The van der Waals surface area contributed by atoms with Crippen molar-refractivity contribution in [1.29, 1.82) is 0 Å². The lowest BCUT2D eigenvalue weighted by Gasteiger charge is -2.20. The first-order chi connectivity index (χ1) is 13.1. The molecule has 27 heavy (non-hydrogen) atoms. The molecule has 0 aliphatic rings. The lowest BCUT2D eigenvalue weighted by Crippen LogP contribution is -2.30. The second-order valence-electron chi connectivity index (χ2n) is 5.99. The molecule has 4 nitrogen and oxygen atoms in total. The highest BCUT2D eigenvalue weighted by atomic mass is 19.1. The van der Waals surface area contributed by atoms with E-state index in [-0.39, 0.29) is 11.6 Å². The number of nitrogens with one attached hydrogen (secondary N) is 1. The summed E-state index contributed by atoms with van der Waals surface area (Å²) in [4.78, 5) is 18.6. The fourth-order valence-corrected chi connectivity index (χ4v) is 2.63. The zero-order valence-corrected chi connectivity index (χ0v) is 14.8. The molecule has 0 spiro atoms. The first kappa shape index (κ1) is 18.5. The molecule has 1 N–H and O–H groups in total. The third-order valence-electron chi connectivity index (χ3n) is 4.08. The summed E-state index contributed by atoms with van der Waals surface area (Å²) in [7, 11) is 0. The van der Waals surface area contributed by atoms with Gasteiger partial charge in [0, 0.05) is 19.2 Å². The molecule has 0 atom stereocenters. The molecule has 6 heteroatoms. The third kappa shape index (κ3) is 4.67. The molecule has 1 heterocycles. The van der Waals surface area contributed by atoms with Crippen molar-refractivity contribution >= 4 is 17.3 Å². The molecule has 0 fully saturated rings. The summed E-state index contributed by atoms with van der Waals surface area (Å²) in [6.07, 6.45) is 1.45. The summed E-state index contributed by atoms with van der Waals surface area (Å²) < 4.78 is 26.7. The summed E-state index contributed by atoms with van der Waals surface area (Å²) in [6.45, 7) is 2.96. The van der Waals surface area contributed by atoms with Crippen LogP contribution in [0.5, 0.6) is 0 Å². The number of benzene rings is 2. The van der Waals surface area contributed by atoms with E-state index >= 15 is 0 Å². The quantitative estimate of drug-likeness (QED) is 0.683. The normalized spacial score (nSPS) is 10.5. The van der Waals surface area contributed by atoms with Gasteiger partial charge >= 0.3 is 0 Å². The maximum atomic E-state index is 13.7. The van der Waals surface area contributed by atoms with Gasteiger partial charge in [-0.15, -0.1) is 0 Å². The van der Waals surface area contributed by atoms with Crippen molar-refractivity contribution < 1.29 is 13.6 Å². The minimum atomic E-state index is -0.699. The third-order valence-corrected chi connectivity index (χ3v) is 4.08. The van der Waals surface area contributed by atoms with Gasteiger partial charge in [0.25, 0.3) is 5.91 Å². The lowest BCUT2D eigenvalue weighted by molar-refractivity contribution is 0.0746. The van der Waals surface area contributed by atoms with E-state index in [4.69, 9.17) is 0 Å². The number of anilines is 2. The van der Waals surface area contributed by atoms with Crippen molar-refractivity contribution in [2.45, 2.75) is 13.5 Å². The van der Waals surface area contributed by atoms with Crippen LogP contribution in [0.4, 0.5) is 20.2 Å². The Balaban J connectivity index is 1.70. The summed E-state index contributed by atoms with van der Waals surface area (Å²) in [5.41, 5.74) is 1.98. The number of amides is 1. The fourth-order valence-electron chi connectivity index (χ4n) is 2.63. The van der Waals surface area contributed by atoms with E-state index in [1.807, 2.05) is 37.3 Å². The average Bonchev–Trinajstić information content (AvgIpc) is 2.69. The SMILES string of the molecule is CCN(Cc1ccccc1)C(=O)c1ccc(Nc2ccc(F)cc2F)cn1. The molecule has 3 rings (SSSR count). The highest BCUT2D eigenvalue weighted by Gasteiger charge is 2.16. The minimum absolute atomic E-state index is 0.136. The van der Waals surface area contributed by atoms with Crippen LogP contribution in [-0.4, -0.2) is 22.3 Å². The molecule has 0 unspecified atom stereocenters. The van der Waals surface area contributed by atoms with Crippen LogP contribution in [0.1, 0.15) is 23.0 Å². The van der Waals surface area contributed by atoms with Crippen molar-refractivity contribution in [2.24, 2.45) is 0 Å². The summed E-state index contributed by atoms with van der Waals surface area (Å²) in [5.74, 6) is -1.52. The largest absolute Gasteiger partial charge is 0.352 e. The van der Waals surface area contributed by atoms with Gasteiger partial charge in [-0.2, -0.15) is 0 Å². The Kier molecular flexibility index (Phi) is 5.76. The van der Waals surface area contributed by atoms with Gasteiger partial charge in [0.2, 0.25) is 0 Å². The van der Waals surface area contributed by atoms with E-state index in [2.05, 4.69) is 10.3 Å².